The van der Waals surface area contributed by atoms with E-state index in [1.807, 2.05) is 21.1 Å². The fourth-order valence-corrected chi connectivity index (χ4v) is 7.09. The molecule has 8 nitrogen and oxygen atoms in total. The highest BCUT2D eigenvalue weighted by molar-refractivity contribution is 7.47. The summed E-state index contributed by atoms with van der Waals surface area (Å²) in [5, 5.41) is 14.0. The quantitative estimate of drug-likeness (QED) is 0.0247. The third kappa shape index (κ3) is 39.0. The number of phosphoric acid groups is 1. The van der Waals surface area contributed by atoms with Crippen molar-refractivity contribution in [1.82, 2.24) is 5.32 Å². The molecule has 0 fully saturated rings. The zero-order chi connectivity index (χ0) is 40.0. The summed E-state index contributed by atoms with van der Waals surface area (Å²) >= 11 is 0. The molecule has 0 radical (unpaired) electrons. The molecule has 3 unspecified atom stereocenters. The second kappa shape index (κ2) is 37.3. The first-order valence-electron chi connectivity index (χ1n) is 22.4. The fraction of sp³-hybridized carbons (Fsp3) is 0.844. The number of aliphatic hydroxyl groups is 1. The van der Waals surface area contributed by atoms with Crippen LogP contribution in [0, 0.1) is 0 Å². The number of hydrogen-bond donors (Lipinski definition) is 3. The predicted octanol–water partition coefficient (Wildman–Crippen LogP) is 12.3. The van der Waals surface area contributed by atoms with E-state index in [-0.39, 0.29) is 19.1 Å². The zero-order valence-electron chi connectivity index (χ0n) is 36.0. The Morgan fingerprint density at radius 3 is 1.63 bits per heavy atom. The van der Waals surface area contributed by atoms with Gasteiger partial charge in [-0.2, -0.15) is 0 Å². The number of carbonyl (C=O) groups is 1. The van der Waals surface area contributed by atoms with Crippen LogP contribution in [0.3, 0.4) is 0 Å². The van der Waals surface area contributed by atoms with Gasteiger partial charge in [-0.15, -0.1) is 0 Å². The Morgan fingerprint density at radius 2 is 1.11 bits per heavy atom. The molecule has 3 atom stereocenters. The van der Waals surface area contributed by atoms with Gasteiger partial charge in [-0.25, -0.2) is 4.57 Å². The normalized spacial score (nSPS) is 14.7. The smallest absolute Gasteiger partial charge is 0.391 e. The Labute approximate surface area is 334 Å². The number of amides is 1. The van der Waals surface area contributed by atoms with Crippen molar-refractivity contribution in [2.45, 2.75) is 206 Å². The van der Waals surface area contributed by atoms with Gasteiger partial charge in [0.05, 0.1) is 39.9 Å². The Morgan fingerprint density at radius 1 is 0.648 bits per heavy atom. The van der Waals surface area contributed by atoms with Crippen molar-refractivity contribution in [3.05, 3.63) is 36.5 Å². The minimum absolute atomic E-state index is 0.0719. The molecule has 0 aliphatic heterocycles. The molecule has 0 heterocycles. The average Bonchev–Trinajstić information content (AvgIpc) is 3.12. The van der Waals surface area contributed by atoms with Crippen LogP contribution in [0.15, 0.2) is 36.5 Å². The Kier molecular flexibility index (Phi) is 36.4. The predicted molar refractivity (Wildman–Crippen MR) is 231 cm³/mol. The highest BCUT2D eigenvalue weighted by Gasteiger charge is 2.28. The number of quaternary nitrogens is 1. The van der Waals surface area contributed by atoms with E-state index in [0.717, 1.165) is 64.2 Å². The first-order valence-corrected chi connectivity index (χ1v) is 23.8. The second-order valence-electron chi connectivity index (χ2n) is 16.4. The van der Waals surface area contributed by atoms with Crippen molar-refractivity contribution in [2.24, 2.45) is 0 Å². The Balaban J connectivity index is 4.38. The minimum atomic E-state index is -4.32. The first-order chi connectivity index (χ1) is 26.0. The number of rotatable bonds is 40. The number of phosphoric ester groups is 1. The van der Waals surface area contributed by atoms with Crippen LogP contribution in [0.25, 0.3) is 0 Å². The maximum absolute atomic E-state index is 12.9. The maximum atomic E-state index is 12.9. The molecule has 54 heavy (non-hydrogen) atoms. The average molecular weight is 784 g/mol. The van der Waals surface area contributed by atoms with Gasteiger partial charge in [-0.1, -0.05) is 179 Å². The molecular formula is C45H88N2O6P+. The summed E-state index contributed by atoms with van der Waals surface area (Å²) in [5.41, 5.74) is 0. The molecule has 0 spiro atoms. The van der Waals surface area contributed by atoms with Gasteiger partial charge >= 0.3 is 7.82 Å². The van der Waals surface area contributed by atoms with Crippen molar-refractivity contribution < 1.29 is 32.9 Å². The van der Waals surface area contributed by atoms with Crippen LogP contribution in [0.1, 0.15) is 194 Å². The van der Waals surface area contributed by atoms with Crippen molar-refractivity contribution in [3.63, 3.8) is 0 Å². The molecule has 0 bridgehead atoms. The zero-order valence-corrected chi connectivity index (χ0v) is 36.9. The van der Waals surface area contributed by atoms with Crippen LogP contribution < -0.4 is 5.32 Å². The number of hydrogen-bond acceptors (Lipinski definition) is 5. The molecule has 0 saturated carbocycles. The number of nitrogens with zero attached hydrogens (tertiary/aromatic N) is 1. The van der Waals surface area contributed by atoms with E-state index in [1.54, 1.807) is 0 Å². The molecule has 0 aliphatic carbocycles. The van der Waals surface area contributed by atoms with E-state index >= 15 is 0 Å². The third-order valence-corrected chi connectivity index (χ3v) is 10.9. The number of allylic oxidation sites excluding steroid dienone is 6. The number of carbonyl (C=O) groups excluding carboxylic acids is 1. The van der Waals surface area contributed by atoms with Crippen LogP contribution in [0.2, 0.25) is 0 Å². The molecule has 3 N–H and O–H groups in total. The number of unbranched alkanes of at least 4 members (excludes halogenated alkanes) is 21. The van der Waals surface area contributed by atoms with E-state index in [4.69, 9.17) is 9.05 Å². The molecule has 0 aliphatic rings. The topological polar surface area (TPSA) is 105 Å². The first kappa shape index (κ1) is 52.7. The summed E-state index contributed by atoms with van der Waals surface area (Å²) in [7, 11) is 1.61. The molecule has 0 rings (SSSR count). The van der Waals surface area contributed by atoms with Crippen LogP contribution in [-0.4, -0.2) is 73.4 Å². The molecule has 9 heteroatoms. The highest BCUT2D eigenvalue weighted by atomic mass is 31.2. The SMILES string of the molecule is CC/C=C\C/C=C\C/C=C\CCCCCCCCCC(=O)NC(COP(=O)(O)OCC[N+](C)(C)C)C(O)CCCCCCCCCCCCCCCCC. The number of likely N-dealkylation sites (N-methyl/N-ethyl adjacent to an activating group) is 1. The summed E-state index contributed by atoms with van der Waals surface area (Å²) in [6, 6.07) is -0.764. The standard InChI is InChI=1S/C45H87N2O6P/c1-6-8-10-12-14-16-18-20-22-23-25-27-29-31-33-35-37-39-45(49)46-43(42-53-54(50,51)52-41-40-47(3,4)5)44(48)38-36-34-32-30-28-26-24-21-19-17-15-13-11-9-7-2/h8,10,14,16,20,22,43-44,48H,6-7,9,11-13,15,17-19,21,23-42H2,1-5H3,(H-,46,49,50,51)/p+1/b10-8-,16-14-,22-20-. The van der Waals surface area contributed by atoms with Crippen LogP contribution in [-0.2, 0) is 18.4 Å². The molecule has 0 aromatic heterocycles. The van der Waals surface area contributed by atoms with Crippen molar-refractivity contribution in [1.29, 1.82) is 0 Å². The highest BCUT2D eigenvalue weighted by Crippen LogP contribution is 2.43. The lowest BCUT2D eigenvalue weighted by molar-refractivity contribution is -0.870. The van der Waals surface area contributed by atoms with Gasteiger partial charge in [-0.05, 0) is 44.9 Å². The lowest BCUT2D eigenvalue weighted by Crippen LogP contribution is -2.46. The van der Waals surface area contributed by atoms with E-state index in [9.17, 15) is 19.4 Å². The Hall–Kier alpha value is -1.28. The van der Waals surface area contributed by atoms with Gasteiger partial charge in [0.25, 0.3) is 0 Å². The van der Waals surface area contributed by atoms with Crippen molar-refractivity contribution >= 4 is 13.7 Å². The third-order valence-electron chi connectivity index (χ3n) is 9.90. The fourth-order valence-electron chi connectivity index (χ4n) is 6.35. The van der Waals surface area contributed by atoms with Crippen LogP contribution in [0.4, 0.5) is 0 Å². The maximum Gasteiger partial charge on any atom is 0.472 e. The molecule has 0 aromatic rings. The summed E-state index contributed by atoms with van der Waals surface area (Å²) in [6.45, 7) is 4.77. The van der Waals surface area contributed by atoms with Gasteiger partial charge in [0.15, 0.2) is 0 Å². The summed E-state index contributed by atoms with van der Waals surface area (Å²) in [6.07, 6.45) is 44.5. The molecule has 0 aromatic carbocycles. The van der Waals surface area contributed by atoms with E-state index in [0.29, 0.717) is 23.9 Å². The Bertz CT molecular complexity index is 980. The lowest BCUT2D eigenvalue weighted by Gasteiger charge is -2.26. The van der Waals surface area contributed by atoms with Crippen LogP contribution >= 0.6 is 7.82 Å². The monoisotopic (exact) mass is 784 g/mol. The van der Waals surface area contributed by atoms with Gasteiger partial charge in [0.1, 0.15) is 13.2 Å². The van der Waals surface area contributed by atoms with Crippen molar-refractivity contribution in [3.8, 4) is 0 Å². The minimum Gasteiger partial charge on any atom is -0.391 e. The summed E-state index contributed by atoms with van der Waals surface area (Å²) in [5.74, 6) is -0.156. The molecular weight excluding hydrogens is 695 g/mol. The van der Waals surface area contributed by atoms with Gasteiger partial charge in [-0.3, -0.25) is 13.8 Å². The van der Waals surface area contributed by atoms with E-state index in [2.05, 4.69) is 55.6 Å². The molecule has 318 valence electrons. The number of aliphatic hydroxyl groups excluding tert-OH is 1. The van der Waals surface area contributed by atoms with Crippen LogP contribution in [0.5, 0.6) is 0 Å². The van der Waals surface area contributed by atoms with E-state index in [1.165, 1.54) is 103 Å². The van der Waals surface area contributed by atoms with Gasteiger partial charge in [0.2, 0.25) is 5.91 Å². The number of nitrogens with one attached hydrogen (secondary N) is 1. The molecule has 0 saturated heterocycles. The second-order valence-corrected chi connectivity index (χ2v) is 17.9. The van der Waals surface area contributed by atoms with Gasteiger partial charge in [0, 0.05) is 6.42 Å². The summed E-state index contributed by atoms with van der Waals surface area (Å²) in [4.78, 5) is 23.1. The van der Waals surface area contributed by atoms with Crippen molar-refractivity contribution in [2.75, 3.05) is 40.9 Å². The summed E-state index contributed by atoms with van der Waals surface area (Å²) < 4.78 is 23.6. The van der Waals surface area contributed by atoms with Gasteiger partial charge < -0.3 is 19.8 Å². The molecule has 1 amide bonds. The van der Waals surface area contributed by atoms with E-state index < -0.39 is 20.0 Å². The largest absolute Gasteiger partial charge is 0.472 e. The lowest BCUT2D eigenvalue weighted by atomic mass is 10.0.